The van der Waals surface area contributed by atoms with Crippen molar-refractivity contribution >= 4 is 46.2 Å². The van der Waals surface area contributed by atoms with E-state index in [2.05, 4.69) is 0 Å². The zero-order valence-electron chi connectivity index (χ0n) is 6.38. The highest BCUT2D eigenvalue weighted by atomic mass is 32.2. The number of rotatable bonds is 2. The summed E-state index contributed by atoms with van der Waals surface area (Å²) in [7, 11) is 0. The van der Waals surface area contributed by atoms with Crippen molar-refractivity contribution in [3.05, 3.63) is 0 Å². The lowest BCUT2D eigenvalue weighted by Gasteiger charge is -1.93. The first-order valence-electron chi connectivity index (χ1n) is 2.96. The van der Waals surface area contributed by atoms with Crippen LogP contribution in [0.4, 0.5) is 11.4 Å². The van der Waals surface area contributed by atoms with Crippen LogP contribution in [0, 0.1) is 0 Å². The molecule has 1 aromatic heterocycles. The molecule has 0 unspecified atom stereocenters. The van der Waals surface area contributed by atoms with E-state index in [0.717, 1.165) is 19.8 Å². The normalized spacial score (nSPS) is 10.4. The van der Waals surface area contributed by atoms with Crippen LogP contribution in [0.3, 0.4) is 0 Å². The minimum Gasteiger partial charge on any atom is -0.395 e. The van der Waals surface area contributed by atoms with Gasteiger partial charge in [0, 0.05) is 0 Å². The molecule has 0 saturated carbocycles. The van der Waals surface area contributed by atoms with E-state index in [0.29, 0.717) is 0 Å². The number of nitrogens with two attached hydrogens (primary N) is 2. The standard InChI is InChI=1S/C6H10N2S3/c1-9-5-3(7)4(8)6(10-2)11-5/h7-8H2,1-2H3. The minimum atomic E-state index is 0.742. The monoisotopic (exact) mass is 206 g/mol. The van der Waals surface area contributed by atoms with E-state index in [-0.39, 0.29) is 0 Å². The maximum Gasteiger partial charge on any atom is 0.0860 e. The van der Waals surface area contributed by atoms with Crippen LogP contribution in [0.15, 0.2) is 8.42 Å². The van der Waals surface area contributed by atoms with E-state index in [1.807, 2.05) is 12.5 Å². The van der Waals surface area contributed by atoms with E-state index in [9.17, 15) is 0 Å². The van der Waals surface area contributed by atoms with Crippen molar-refractivity contribution in [2.24, 2.45) is 0 Å². The molecule has 0 aromatic carbocycles. The summed E-state index contributed by atoms with van der Waals surface area (Å²) in [6.07, 6.45) is 4.01. The Morgan fingerprint density at radius 1 is 1.00 bits per heavy atom. The van der Waals surface area contributed by atoms with Crippen LogP contribution in [0.1, 0.15) is 0 Å². The predicted molar refractivity (Wildman–Crippen MR) is 56.7 cm³/mol. The van der Waals surface area contributed by atoms with Crippen molar-refractivity contribution in [1.82, 2.24) is 0 Å². The SMILES string of the molecule is CSc1sc(SC)c(N)c1N. The molecular formula is C6H10N2S3. The van der Waals surface area contributed by atoms with Crippen LogP contribution in [0.25, 0.3) is 0 Å². The number of anilines is 2. The molecule has 0 fully saturated rings. The van der Waals surface area contributed by atoms with Gasteiger partial charge in [-0.05, 0) is 12.5 Å². The zero-order chi connectivity index (χ0) is 8.43. The molecule has 0 saturated heterocycles. The fraction of sp³-hybridized carbons (Fsp3) is 0.333. The molecule has 4 N–H and O–H groups in total. The molecule has 0 spiro atoms. The van der Waals surface area contributed by atoms with Crippen molar-refractivity contribution < 1.29 is 0 Å². The van der Waals surface area contributed by atoms with Crippen molar-refractivity contribution in [3.63, 3.8) is 0 Å². The quantitative estimate of drug-likeness (QED) is 0.729. The van der Waals surface area contributed by atoms with Gasteiger partial charge in [0.05, 0.1) is 19.8 Å². The third kappa shape index (κ3) is 1.60. The Morgan fingerprint density at radius 2 is 1.36 bits per heavy atom. The number of thioether (sulfide) groups is 2. The largest absolute Gasteiger partial charge is 0.395 e. The smallest absolute Gasteiger partial charge is 0.0860 e. The Labute approximate surface area is 78.7 Å². The van der Waals surface area contributed by atoms with Gasteiger partial charge in [0.2, 0.25) is 0 Å². The van der Waals surface area contributed by atoms with Crippen LogP contribution in [-0.4, -0.2) is 12.5 Å². The maximum absolute atomic E-state index is 5.74. The van der Waals surface area contributed by atoms with Gasteiger partial charge in [-0.3, -0.25) is 0 Å². The molecule has 0 atom stereocenters. The number of thiophene rings is 1. The molecule has 1 aromatic rings. The van der Waals surface area contributed by atoms with Crippen molar-refractivity contribution in [2.75, 3.05) is 24.0 Å². The Kier molecular flexibility index (Phi) is 2.98. The fourth-order valence-corrected chi connectivity index (χ4v) is 3.31. The summed E-state index contributed by atoms with van der Waals surface area (Å²) in [6, 6.07) is 0. The predicted octanol–water partition coefficient (Wildman–Crippen LogP) is 2.36. The first kappa shape index (κ1) is 9.09. The van der Waals surface area contributed by atoms with E-state index in [1.165, 1.54) is 0 Å². The fourth-order valence-electron chi connectivity index (χ4n) is 0.717. The van der Waals surface area contributed by atoms with Gasteiger partial charge in [0.1, 0.15) is 0 Å². The molecule has 1 rings (SSSR count). The minimum absolute atomic E-state index is 0.742. The highest BCUT2D eigenvalue weighted by molar-refractivity contribution is 8.03. The molecule has 2 nitrogen and oxygen atoms in total. The van der Waals surface area contributed by atoms with Gasteiger partial charge >= 0.3 is 0 Å². The van der Waals surface area contributed by atoms with Gasteiger partial charge < -0.3 is 11.5 Å². The van der Waals surface area contributed by atoms with Crippen LogP contribution in [-0.2, 0) is 0 Å². The molecule has 0 aliphatic rings. The average Bonchev–Trinajstić information content (AvgIpc) is 2.30. The van der Waals surface area contributed by atoms with E-state index >= 15 is 0 Å². The molecule has 11 heavy (non-hydrogen) atoms. The second kappa shape index (κ2) is 3.60. The second-order valence-corrected chi connectivity index (χ2v) is 5.08. The van der Waals surface area contributed by atoms with E-state index in [4.69, 9.17) is 11.5 Å². The third-order valence-corrected chi connectivity index (χ3v) is 4.78. The Morgan fingerprint density at radius 3 is 1.55 bits per heavy atom. The Bertz CT molecular complexity index is 232. The summed E-state index contributed by atoms with van der Waals surface area (Å²) in [4.78, 5) is 0. The summed E-state index contributed by atoms with van der Waals surface area (Å²) in [6.45, 7) is 0. The zero-order valence-corrected chi connectivity index (χ0v) is 8.83. The summed E-state index contributed by atoms with van der Waals surface area (Å²) in [5.41, 5.74) is 13.0. The molecule has 0 bridgehead atoms. The van der Waals surface area contributed by atoms with Gasteiger partial charge in [0.25, 0.3) is 0 Å². The highest BCUT2D eigenvalue weighted by Gasteiger charge is 2.10. The highest BCUT2D eigenvalue weighted by Crippen LogP contribution is 2.43. The first-order valence-corrected chi connectivity index (χ1v) is 6.23. The lowest BCUT2D eigenvalue weighted by molar-refractivity contribution is 1.63. The molecule has 0 aliphatic carbocycles. The van der Waals surface area contributed by atoms with Crippen molar-refractivity contribution in [2.45, 2.75) is 8.42 Å². The Hall–Kier alpha value is -0.000000000000000111. The molecule has 0 radical (unpaired) electrons. The van der Waals surface area contributed by atoms with Gasteiger partial charge in [-0.25, -0.2) is 0 Å². The molecule has 62 valence electrons. The van der Waals surface area contributed by atoms with E-state index < -0.39 is 0 Å². The molecule has 0 amide bonds. The summed E-state index contributed by atoms with van der Waals surface area (Å²) in [5, 5.41) is 0. The van der Waals surface area contributed by atoms with Crippen LogP contribution in [0.2, 0.25) is 0 Å². The summed E-state index contributed by atoms with van der Waals surface area (Å²) < 4.78 is 2.23. The number of hydrogen-bond acceptors (Lipinski definition) is 5. The van der Waals surface area contributed by atoms with Crippen molar-refractivity contribution in [3.8, 4) is 0 Å². The summed E-state index contributed by atoms with van der Waals surface area (Å²) >= 11 is 4.95. The van der Waals surface area contributed by atoms with Gasteiger partial charge in [-0.1, -0.05) is 0 Å². The lowest BCUT2D eigenvalue weighted by Crippen LogP contribution is -1.91. The first-order chi connectivity index (χ1) is 5.20. The van der Waals surface area contributed by atoms with Gasteiger partial charge in [-0.15, -0.1) is 34.9 Å². The van der Waals surface area contributed by atoms with Gasteiger partial charge in [-0.2, -0.15) is 0 Å². The molecule has 5 heteroatoms. The third-order valence-electron chi connectivity index (χ3n) is 1.29. The maximum atomic E-state index is 5.74. The van der Waals surface area contributed by atoms with Crippen molar-refractivity contribution in [1.29, 1.82) is 0 Å². The van der Waals surface area contributed by atoms with Crippen LogP contribution < -0.4 is 11.5 Å². The van der Waals surface area contributed by atoms with E-state index in [1.54, 1.807) is 34.9 Å². The topological polar surface area (TPSA) is 52.0 Å². The second-order valence-electron chi connectivity index (χ2n) is 1.91. The lowest BCUT2D eigenvalue weighted by atomic mass is 10.5. The van der Waals surface area contributed by atoms with Crippen LogP contribution >= 0.6 is 34.9 Å². The van der Waals surface area contributed by atoms with Crippen LogP contribution in [0.5, 0.6) is 0 Å². The van der Waals surface area contributed by atoms with Gasteiger partial charge in [0.15, 0.2) is 0 Å². The number of hydrogen-bond donors (Lipinski definition) is 2. The summed E-state index contributed by atoms with van der Waals surface area (Å²) in [5.74, 6) is 0. The molecule has 1 heterocycles. The molecule has 0 aliphatic heterocycles. The average molecular weight is 206 g/mol. The molecular weight excluding hydrogens is 196 g/mol. The number of nitrogen functional groups attached to an aromatic ring is 2. The Balaban J connectivity index is 3.12.